The van der Waals surface area contributed by atoms with Crippen LogP contribution in [0.3, 0.4) is 0 Å². The summed E-state index contributed by atoms with van der Waals surface area (Å²) in [6, 6.07) is 10.0. The van der Waals surface area contributed by atoms with Crippen molar-refractivity contribution in [3.63, 3.8) is 0 Å². The molecule has 1 amide bonds. The lowest BCUT2D eigenvalue weighted by Gasteiger charge is -2.04. The van der Waals surface area contributed by atoms with Crippen LogP contribution < -0.4 is 5.32 Å². The molecule has 1 N–H and O–H groups in total. The maximum atomic E-state index is 13.6. The summed E-state index contributed by atoms with van der Waals surface area (Å²) in [7, 11) is 0. The number of halogens is 1. The number of hydrogen-bond donors (Lipinski definition) is 1. The minimum absolute atomic E-state index is 0.241. The molecule has 9 heteroatoms. The third kappa shape index (κ3) is 4.56. The Bertz CT molecular complexity index is 887. The van der Waals surface area contributed by atoms with E-state index in [0.717, 1.165) is 0 Å². The van der Waals surface area contributed by atoms with Gasteiger partial charge >= 0.3 is 0 Å². The predicted molar refractivity (Wildman–Crippen MR) is 99.8 cm³/mol. The van der Waals surface area contributed by atoms with Crippen molar-refractivity contribution in [2.45, 2.75) is 15.1 Å². The third-order valence-electron chi connectivity index (χ3n) is 3.15. The van der Waals surface area contributed by atoms with Crippen LogP contribution in [0.2, 0.25) is 0 Å². The van der Waals surface area contributed by atoms with Crippen LogP contribution in [-0.4, -0.2) is 27.3 Å². The molecule has 0 fully saturated rings. The molecular weight excluding hydrogens is 379 g/mol. The van der Waals surface area contributed by atoms with Gasteiger partial charge in [0.25, 0.3) is 5.91 Å². The highest BCUT2D eigenvalue weighted by Gasteiger charge is 2.14. The second-order valence-corrected chi connectivity index (χ2v) is 7.76. The van der Waals surface area contributed by atoms with Crippen LogP contribution in [0, 0.1) is 5.82 Å². The van der Waals surface area contributed by atoms with Crippen LogP contribution in [0.15, 0.2) is 52.0 Å². The first kappa shape index (κ1) is 17.8. The normalized spacial score (nSPS) is 10.6. The molecule has 3 rings (SSSR count). The van der Waals surface area contributed by atoms with Gasteiger partial charge in [-0.05, 0) is 30.0 Å². The van der Waals surface area contributed by atoms with Crippen molar-refractivity contribution >= 4 is 45.9 Å². The van der Waals surface area contributed by atoms with Crippen LogP contribution in [0.4, 0.5) is 9.52 Å². The van der Waals surface area contributed by atoms with Crippen molar-refractivity contribution in [1.29, 1.82) is 0 Å². The average Bonchev–Trinajstić information content (AvgIpc) is 3.08. The molecule has 0 radical (unpaired) electrons. The Kier molecular flexibility index (Phi) is 6.00. The molecule has 0 bridgehead atoms. The maximum Gasteiger partial charge on any atom is 0.260 e. The first-order chi connectivity index (χ1) is 12.2. The Labute approximate surface area is 156 Å². The Morgan fingerprint density at radius 2 is 2.08 bits per heavy atom. The Morgan fingerprint density at radius 1 is 1.24 bits per heavy atom. The maximum absolute atomic E-state index is 13.6. The Balaban J connectivity index is 1.63. The molecule has 3 aromatic rings. The molecule has 0 atom stereocenters. The zero-order valence-corrected chi connectivity index (χ0v) is 15.6. The van der Waals surface area contributed by atoms with Gasteiger partial charge < -0.3 is 0 Å². The fourth-order valence-corrected chi connectivity index (χ4v) is 4.24. The van der Waals surface area contributed by atoms with Crippen molar-refractivity contribution in [3.8, 4) is 0 Å². The number of aromatic nitrogens is 3. The summed E-state index contributed by atoms with van der Waals surface area (Å²) in [6.07, 6.45) is 3.51. The lowest BCUT2D eigenvalue weighted by atomic mass is 10.2. The van der Waals surface area contributed by atoms with Gasteiger partial charge in [0, 0.05) is 11.9 Å². The van der Waals surface area contributed by atoms with Crippen LogP contribution in [0.5, 0.6) is 0 Å². The van der Waals surface area contributed by atoms with Crippen molar-refractivity contribution in [3.05, 3.63) is 59.5 Å². The number of nitrogens with one attached hydrogen (secondary N) is 1. The van der Waals surface area contributed by atoms with E-state index in [0.29, 0.717) is 31.4 Å². The molecule has 25 heavy (non-hydrogen) atoms. The summed E-state index contributed by atoms with van der Waals surface area (Å²) < 4.78 is 14.3. The number of rotatable bonds is 6. The lowest BCUT2D eigenvalue weighted by molar-refractivity contribution is 0.102. The molecule has 128 valence electrons. The van der Waals surface area contributed by atoms with Gasteiger partial charge in [-0.1, -0.05) is 41.3 Å². The number of nitrogens with zero attached hydrogens (tertiary/aromatic N) is 3. The minimum atomic E-state index is -0.278. The van der Waals surface area contributed by atoms with Gasteiger partial charge in [0.2, 0.25) is 5.13 Å². The number of thioether (sulfide) groups is 2. The zero-order valence-electron chi connectivity index (χ0n) is 13.1. The van der Waals surface area contributed by atoms with Crippen LogP contribution in [0.25, 0.3) is 0 Å². The smallest absolute Gasteiger partial charge is 0.260 e. The van der Waals surface area contributed by atoms with E-state index in [1.165, 1.54) is 40.9 Å². The van der Waals surface area contributed by atoms with Gasteiger partial charge in [-0.3, -0.25) is 10.1 Å². The van der Waals surface area contributed by atoms with Crippen molar-refractivity contribution in [2.75, 3.05) is 11.6 Å². The van der Waals surface area contributed by atoms with Gasteiger partial charge in [0.05, 0.1) is 5.56 Å². The number of carbonyl (C=O) groups is 1. The molecule has 0 aliphatic heterocycles. The van der Waals surface area contributed by atoms with Gasteiger partial charge in [-0.25, -0.2) is 9.37 Å². The molecule has 0 aliphatic rings. The summed E-state index contributed by atoms with van der Waals surface area (Å²) in [4.78, 5) is 16.5. The van der Waals surface area contributed by atoms with Crippen LogP contribution >= 0.6 is 34.9 Å². The molecular formula is C16H13FN4OS3. The standard InChI is InChI=1S/C16H13FN4OS3/c1-23-14-11(6-4-8-18-14)13(22)19-15-20-21-16(25-15)24-9-10-5-2-3-7-12(10)17/h2-8H,9H2,1H3,(H,19,20,22). The number of amides is 1. The van der Waals surface area contributed by atoms with Gasteiger partial charge in [0.1, 0.15) is 10.8 Å². The lowest BCUT2D eigenvalue weighted by Crippen LogP contribution is -2.13. The first-order valence-electron chi connectivity index (χ1n) is 7.17. The summed E-state index contributed by atoms with van der Waals surface area (Å²) in [5.41, 5.74) is 1.10. The minimum Gasteiger partial charge on any atom is -0.296 e. The van der Waals surface area contributed by atoms with Crippen LogP contribution in [-0.2, 0) is 5.75 Å². The first-order valence-corrected chi connectivity index (χ1v) is 10.2. The molecule has 5 nitrogen and oxygen atoms in total. The second kappa shape index (κ2) is 8.41. The molecule has 2 aromatic heterocycles. The summed E-state index contributed by atoms with van der Waals surface area (Å²) in [6.45, 7) is 0. The fourth-order valence-electron chi connectivity index (χ4n) is 1.96. The predicted octanol–water partition coefficient (Wildman–Crippen LogP) is 4.34. The van der Waals surface area contributed by atoms with E-state index >= 15 is 0 Å². The SMILES string of the molecule is CSc1ncccc1C(=O)Nc1nnc(SCc2ccccc2F)s1. The van der Waals surface area contributed by atoms with E-state index in [2.05, 4.69) is 20.5 Å². The quantitative estimate of drug-likeness (QED) is 0.497. The molecule has 2 heterocycles. The molecule has 0 spiro atoms. The topological polar surface area (TPSA) is 67.8 Å². The number of benzene rings is 1. The average molecular weight is 393 g/mol. The summed E-state index contributed by atoms with van der Waals surface area (Å²) in [5.74, 6) is -0.0671. The highest BCUT2D eigenvalue weighted by Crippen LogP contribution is 2.29. The third-order valence-corrected chi connectivity index (χ3v) is 5.88. The molecule has 0 saturated heterocycles. The largest absolute Gasteiger partial charge is 0.296 e. The summed E-state index contributed by atoms with van der Waals surface area (Å²) >= 11 is 4.03. The highest BCUT2D eigenvalue weighted by molar-refractivity contribution is 8.00. The van der Waals surface area contributed by atoms with Gasteiger partial charge in [0.15, 0.2) is 4.34 Å². The van der Waals surface area contributed by atoms with Crippen molar-refractivity contribution in [2.24, 2.45) is 0 Å². The van der Waals surface area contributed by atoms with Crippen LogP contribution in [0.1, 0.15) is 15.9 Å². The van der Waals surface area contributed by atoms with Gasteiger partial charge in [-0.2, -0.15) is 0 Å². The Hall–Kier alpha value is -1.97. The van der Waals surface area contributed by atoms with Crippen molar-refractivity contribution in [1.82, 2.24) is 15.2 Å². The number of pyridine rings is 1. The fraction of sp³-hybridized carbons (Fsp3) is 0.125. The van der Waals surface area contributed by atoms with E-state index < -0.39 is 0 Å². The second-order valence-electron chi connectivity index (χ2n) is 4.77. The highest BCUT2D eigenvalue weighted by atomic mass is 32.2. The van der Waals surface area contributed by atoms with E-state index in [1.54, 1.807) is 36.5 Å². The molecule has 0 unspecified atom stereocenters. The Morgan fingerprint density at radius 3 is 2.88 bits per heavy atom. The van der Waals surface area contributed by atoms with E-state index in [-0.39, 0.29) is 11.7 Å². The number of anilines is 1. The summed E-state index contributed by atoms with van der Waals surface area (Å²) in [5, 5.41) is 11.8. The van der Waals surface area contributed by atoms with E-state index in [1.807, 2.05) is 6.26 Å². The molecule has 1 aromatic carbocycles. The number of carbonyl (C=O) groups excluding carboxylic acids is 1. The molecule has 0 saturated carbocycles. The van der Waals surface area contributed by atoms with Crippen molar-refractivity contribution < 1.29 is 9.18 Å². The zero-order chi connectivity index (χ0) is 17.6. The monoisotopic (exact) mass is 392 g/mol. The molecule has 0 aliphatic carbocycles. The van der Waals surface area contributed by atoms with Gasteiger partial charge in [-0.15, -0.1) is 22.0 Å². The van der Waals surface area contributed by atoms with E-state index in [4.69, 9.17) is 0 Å². The van der Waals surface area contributed by atoms with E-state index in [9.17, 15) is 9.18 Å². The number of hydrogen-bond acceptors (Lipinski definition) is 7.